The maximum atomic E-state index is 11.8. The molecule has 1 atom stereocenters. The molecule has 1 rings (SSSR count). The number of Topliss-reactive ketones (excluding diaryl/α,β-unsaturated/α-hetero) is 1. The van der Waals surface area contributed by atoms with Crippen molar-refractivity contribution >= 4 is 13.6 Å². The Labute approximate surface area is 125 Å². The van der Waals surface area contributed by atoms with E-state index in [2.05, 4.69) is 20.9 Å². The standard InChI is InChI=1S/C15H19O5P/c1-13(8-7-11-14-9-5-4-6-10-14)15(16)12-20-21(17,18-2)19-3/h4-6,9-10,13H,8,12H2,1-3H3. The van der Waals surface area contributed by atoms with Crippen LogP contribution in [0, 0.1) is 17.8 Å². The normalized spacial score (nSPS) is 12.3. The monoisotopic (exact) mass is 310 g/mol. The molecule has 0 spiro atoms. The highest BCUT2D eigenvalue weighted by Gasteiger charge is 2.25. The van der Waals surface area contributed by atoms with E-state index in [0.717, 1.165) is 5.56 Å². The van der Waals surface area contributed by atoms with Crippen LogP contribution in [-0.4, -0.2) is 26.6 Å². The lowest BCUT2D eigenvalue weighted by molar-refractivity contribution is -0.124. The molecule has 0 saturated carbocycles. The second-order valence-electron chi connectivity index (χ2n) is 4.33. The molecule has 0 N–H and O–H groups in total. The van der Waals surface area contributed by atoms with Crippen LogP contribution in [0.5, 0.6) is 0 Å². The van der Waals surface area contributed by atoms with E-state index < -0.39 is 7.82 Å². The van der Waals surface area contributed by atoms with Gasteiger partial charge in [-0.25, -0.2) is 4.57 Å². The summed E-state index contributed by atoms with van der Waals surface area (Å²) in [5.41, 5.74) is 0.900. The number of carbonyl (C=O) groups excluding carboxylic acids is 1. The minimum atomic E-state index is -3.61. The Morgan fingerprint density at radius 1 is 1.24 bits per heavy atom. The summed E-state index contributed by atoms with van der Waals surface area (Å²) >= 11 is 0. The molecule has 0 radical (unpaired) electrons. The summed E-state index contributed by atoms with van der Waals surface area (Å²) in [7, 11) is -1.21. The number of carbonyl (C=O) groups is 1. The van der Waals surface area contributed by atoms with E-state index >= 15 is 0 Å². The first kappa shape index (κ1) is 17.6. The van der Waals surface area contributed by atoms with E-state index in [4.69, 9.17) is 4.52 Å². The fraction of sp³-hybridized carbons (Fsp3) is 0.400. The van der Waals surface area contributed by atoms with Crippen LogP contribution in [0.3, 0.4) is 0 Å². The molecule has 114 valence electrons. The van der Waals surface area contributed by atoms with Crippen molar-refractivity contribution < 1.29 is 22.9 Å². The molecule has 0 saturated heterocycles. The largest absolute Gasteiger partial charge is 0.474 e. The summed E-state index contributed by atoms with van der Waals surface area (Å²) in [5, 5.41) is 0. The summed E-state index contributed by atoms with van der Waals surface area (Å²) in [6.07, 6.45) is 0.404. The van der Waals surface area contributed by atoms with Crippen LogP contribution in [0.1, 0.15) is 18.9 Å². The van der Waals surface area contributed by atoms with E-state index in [9.17, 15) is 9.36 Å². The molecule has 5 nitrogen and oxygen atoms in total. The van der Waals surface area contributed by atoms with E-state index in [1.807, 2.05) is 30.3 Å². The zero-order valence-electron chi connectivity index (χ0n) is 12.4. The van der Waals surface area contributed by atoms with E-state index in [-0.39, 0.29) is 18.3 Å². The number of ketones is 1. The minimum absolute atomic E-state index is 0.202. The highest BCUT2D eigenvalue weighted by atomic mass is 31.2. The maximum absolute atomic E-state index is 11.8. The van der Waals surface area contributed by atoms with Crippen LogP contribution < -0.4 is 0 Å². The molecule has 0 amide bonds. The van der Waals surface area contributed by atoms with Crippen LogP contribution in [0.2, 0.25) is 0 Å². The summed E-state index contributed by atoms with van der Waals surface area (Å²) in [4.78, 5) is 11.8. The lowest BCUT2D eigenvalue weighted by Crippen LogP contribution is -2.16. The Hall–Kier alpha value is -1.44. The van der Waals surface area contributed by atoms with Gasteiger partial charge in [-0.3, -0.25) is 18.4 Å². The molecule has 0 fully saturated rings. The molecule has 21 heavy (non-hydrogen) atoms. The third-order valence-corrected chi connectivity index (χ3v) is 4.12. The van der Waals surface area contributed by atoms with Crippen molar-refractivity contribution in [1.82, 2.24) is 0 Å². The van der Waals surface area contributed by atoms with E-state index in [0.29, 0.717) is 6.42 Å². The number of phosphoric ester groups is 1. The third kappa shape index (κ3) is 6.24. The summed E-state index contributed by atoms with van der Waals surface area (Å²) < 4.78 is 25.7. The van der Waals surface area contributed by atoms with Crippen LogP contribution in [0.15, 0.2) is 30.3 Å². The van der Waals surface area contributed by atoms with Gasteiger partial charge in [0.25, 0.3) is 0 Å². The number of rotatable bonds is 7. The van der Waals surface area contributed by atoms with Crippen molar-refractivity contribution in [1.29, 1.82) is 0 Å². The van der Waals surface area contributed by atoms with Crippen molar-refractivity contribution in [2.75, 3.05) is 20.8 Å². The molecule has 1 unspecified atom stereocenters. The number of hydrogen-bond acceptors (Lipinski definition) is 5. The third-order valence-electron chi connectivity index (χ3n) is 2.78. The van der Waals surface area contributed by atoms with Crippen LogP contribution in [0.25, 0.3) is 0 Å². The zero-order valence-corrected chi connectivity index (χ0v) is 13.3. The first-order valence-electron chi connectivity index (χ1n) is 6.43. The van der Waals surface area contributed by atoms with Crippen LogP contribution in [-0.2, 0) is 22.9 Å². The second-order valence-corrected chi connectivity index (χ2v) is 6.21. The molecule has 0 aliphatic heterocycles. The highest BCUT2D eigenvalue weighted by molar-refractivity contribution is 7.48. The Morgan fingerprint density at radius 3 is 2.43 bits per heavy atom. The topological polar surface area (TPSA) is 61.8 Å². The molecular weight excluding hydrogens is 291 g/mol. The molecule has 0 aliphatic rings. The van der Waals surface area contributed by atoms with Gasteiger partial charge in [0.15, 0.2) is 5.78 Å². The molecule has 1 aromatic carbocycles. The molecular formula is C15H19O5P. The first-order valence-corrected chi connectivity index (χ1v) is 7.89. The Bertz CT molecular complexity index is 550. The summed E-state index contributed by atoms with van der Waals surface area (Å²) in [6, 6.07) is 9.52. The fourth-order valence-electron chi connectivity index (χ4n) is 1.41. The molecule has 0 heterocycles. The predicted molar refractivity (Wildman–Crippen MR) is 79.7 cm³/mol. The molecule has 0 aromatic heterocycles. The van der Waals surface area contributed by atoms with Gasteiger partial charge in [-0.2, -0.15) is 0 Å². The molecule has 0 bridgehead atoms. The lowest BCUT2D eigenvalue weighted by Gasteiger charge is -2.13. The van der Waals surface area contributed by atoms with Crippen molar-refractivity contribution in [3.8, 4) is 11.8 Å². The van der Waals surface area contributed by atoms with Gasteiger partial charge in [-0.1, -0.05) is 37.0 Å². The van der Waals surface area contributed by atoms with Gasteiger partial charge in [0.05, 0.1) is 0 Å². The smallest absolute Gasteiger partial charge is 0.297 e. The van der Waals surface area contributed by atoms with Gasteiger partial charge >= 0.3 is 7.82 Å². The number of hydrogen-bond donors (Lipinski definition) is 0. The first-order chi connectivity index (χ1) is 10.0. The average Bonchev–Trinajstić information content (AvgIpc) is 2.53. The zero-order chi connectivity index (χ0) is 15.7. The summed E-state index contributed by atoms with van der Waals surface area (Å²) in [5.74, 6) is 5.41. The Kier molecular flexibility index (Phi) is 7.35. The van der Waals surface area contributed by atoms with Gasteiger partial charge in [0, 0.05) is 32.1 Å². The summed E-state index contributed by atoms with van der Waals surface area (Å²) in [6.45, 7) is 1.42. The molecule has 0 aliphatic carbocycles. The van der Waals surface area contributed by atoms with E-state index in [1.54, 1.807) is 6.92 Å². The lowest BCUT2D eigenvalue weighted by atomic mass is 10.0. The van der Waals surface area contributed by atoms with Crippen LogP contribution in [0.4, 0.5) is 0 Å². The Balaban J connectivity index is 2.45. The van der Waals surface area contributed by atoms with Gasteiger partial charge in [-0.05, 0) is 12.1 Å². The maximum Gasteiger partial charge on any atom is 0.474 e. The second kappa shape index (κ2) is 8.76. The highest BCUT2D eigenvalue weighted by Crippen LogP contribution is 2.47. The van der Waals surface area contributed by atoms with Gasteiger partial charge in [0.2, 0.25) is 0 Å². The van der Waals surface area contributed by atoms with E-state index in [1.165, 1.54) is 14.2 Å². The van der Waals surface area contributed by atoms with Crippen molar-refractivity contribution in [3.05, 3.63) is 35.9 Å². The molecule has 6 heteroatoms. The fourth-order valence-corrected chi connectivity index (χ4v) is 2.05. The number of phosphoric acid groups is 1. The van der Waals surface area contributed by atoms with Crippen molar-refractivity contribution in [3.63, 3.8) is 0 Å². The van der Waals surface area contributed by atoms with Gasteiger partial charge in [-0.15, -0.1) is 0 Å². The van der Waals surface area contributed by atoms with Crippen molar-refractivity contribution in [2.24, 2.45) is 5.92 Å². The quantitative estimate of drug-likeness (QED) is 0.572. The Morgan fingerprint density at radius 2 is 1.86 bits per heavy atom. The van der Waals surface area contributed by atoms with Crippen LogP contribution >= 0.6 is 7.82 Å². The SMILES string of the molecule is COP(=O)(OC)OCC(=O)C(C)CC#Cc1ccccc1. The van der Waals surface area contributed by atoms with Crippen molar-refractivity contribution in [2.45, 2.75) is 13.3 Å². The average molecular weight is 310 g/mol. The molecule has 1 aromatic rings. The van der Waals surface area contributed by atoms with Gasteiger partial charge < -0.3 is 0 Å². The number of benzene rings is 1. The van der Waals surface area contributed by atoms with Gasteiger partial charge in [0.1, 0.15) is 6.61 Å². The predicted octanol–water partition coefficient (Wildman–Crippen LogP) is 3.05. The minimum Gasteiger partial charge on any atom is -0.297 e.